The Labute approximate surface area is 102 Å². The Morgan fingerprint density at radius 2 is 2.24 bits per heavy atom. The second-order valence-electron chi connectivity index (χ2n) is 3.16. The number of carbonyl (C=O) groups is 1. The van der Waals surface area contributed by atoms with Crippen LogP contribution in [0.1, 0.15) is 6.92 Å². The van der Waals surface area contributed by atoms with Crippen molar-refractivity contribution < 1.29 is 19.6 Å². The molecule has 6 nitrogen and oxygen atoms in total. The van der Waals surface area contributed by atoms with Crippen molar-refractivity contribution in [1.82, 2.24) is 0 Å². The maximum Gasteiger partial charge on any atom is 0.324 e. The average Bonchev–Trinajstić information content (AvgIpc) is 2.27. The second kappa shape index (κ2) is 5.53. The third kappa shape index (κ3) is 3.10. The van der Waals surface area contributed by atoms with E-state index in [0.29, 0.717) is 0 Å². The Hall–Kier alpha value is -1.76. The molecule has 0 aliphatic carbocycles. The number of hydrogen-bond acceptors (Lipinski definition) is 5. The van der Waals surface area contributed by atoms with Gasteiger partial charge in [0.1, 0.15) is 5.25 Å². The smallest absolute Gasteiger partial charge is 0.324 e. The lowest BCUT2D eigenvalue weighted by molar-refractivity contribution is -0.388. The number of rotatable bonds is 5. The Bertz CT molecular complexity index is 448. The number of nitro benzene ring substituents is 1. The summed E-state index contributed by atoms with van der Waals surface area (Å²) in [5.74, 6) is -0.898. The molecule has 1 aromatic rings. The van der Waals surface area contributed by atoms with Crippen molar-refractivity contribution >= 4 is 23.4 Å². The minimum Gasteiger partial charge on any atom is -0.490 e. The van der Waals surface area contributed by atoms with Gasteiger partial charge in [0.2, 0.25) is 0 Å². The molecule has 0 spiro atoms. The second-order valence-corrected chi connectivity index (χ2v) is 4.55. The molecule has 1 aromatic carbocycles. The van der Waals surface area contributed by atoms with E-state index in [1.165, 1.54) is 26.2 Å². The van der Waals surface area contributed by atoms with Crippen LogP contribution in [0.5, 0.6) is 5.75 Å². The number of ether oxygens (including phenoxy) is 1. The van der Waals surface area contributed by atoms with Crippen molar-refractivity contribution in [3.63, 3.8) is 0 Å². The van der Waals surface area contributed by atoms with Crippen molar-refractivity contribution in [2.45, 2.75) is 17.1 Å². The minimum absolute atomic E-state index is 0.123. The number of carboxylic acid groups (broad SMARTS) is 1. The van der Waals surface area contributed by atoms with Gasteiger partial charge < -0.3 is 9.84 Å². The first-order chi connectivity index (χ1) is 7.97. The van der Waals surface area contributed by atoms with Gasteiger partial charge in [-0.1, -0.05) is 6.07 Å². The first kappa shape index (κ1) is 13.3. The predicted octanol–water partition coefficient (Wildman–Crippen LogP) is 2.17. The Balaban J connectivity index is 3.14. The number of benzene rings is 1. The molecule has 0 radical (unpaired) electrons. The highest BCUT2D eigenvalue weighted by Gasteiger charge is 2.24. The lowest BCUT2D eigenvalue weighted by atomic mass is 10.3. The van der Waals surface area contributed by atoms with E-state index in [1.807, 2.05) is 0 Å². The third-order valence-corrected chi connectivity index (χ3v) is 3.15. The largest absolute Gasteiger partial charge is 0.490 e. The van der Waals surface area contributed by atoms with Crippen LogP contribution in [0.15, 0.2) is 23.1 Å². The van der Waals surface area contributed by atoms with E-state index in [4.69, 9.17) is 9.84 Å². The molecular weight excluding hydrogens is 246 g/mol. The number of carboxylic acids is 1. The Kier molecular flexibility index (Phi) is 4.33. The lowest BCUT2D eigenvalue weighted by Crippen LogP contribution is -2.11. The van der Waals surface area contributed by atoms with Gasteiger partial charge in [-0.05, 0) is 19.1 Å². The molecule has 17 heavy (non-hydrogen) atoms. The van der Waals surface area contributed by atoms with Crippen molar-refractivity contribution in [3.8, 4) is 5.75 Å². The third-order valence-electron chi connectivity index (χ3n) is 2.02. The van der Waals surface area contributed by atoms with Gasteiger partial charge in [-0.3, -0.25) is 14.9 Å². The van der Waals surface area contributed by atoms with E-state index in [-0.39, 0.29) is 16.3 Å². The average molecular weight is 257 g/mol. The summed E-state index contributed by atoms with van der Waals surface area (Å²) < 4.78 is 4.89. The maximum atomic E-state index is 10.9. The maximum absolute atomic E-state index is 10.9. The van der Waals surface area contributed by atoms with Gasteiger partial charge in [0.05, 0.1) is 16.9 Å². The van der Waals surface area contributed by atoms with Crippen molar-refractivity contribution in [3.05, 3.63) is 28.3 Å². The molecule has 0 aliphatic heterocycles. The van der Waals surface area contributed by atoms with E-state index in [0.717, 1.165) is 11.8 Å². The summed E-state index contributed by atoms with van der Waals surface area (Å²) >= 11 is 0.915. The number of hydrogen-bond donors (Lipinski definition) is 1. The van der Waals surface area contributed by atoms with Crippen LogP contribution in [0.2, 0.25) is 0 Å². The molecule has 1 N–H and O–H groups in total. The number of nitrogens with zero attached hydrogens (tertiary/aromatic N) is 1. The summed E-state index contributed by atoms with van der Waals surface area (Å²) in [6.45, 7) is 1.47. The minimum atomic E-state index is -1.02. The molecule has 0 amide bonds. The molecule has 1 atom stereocenters. The van der Waals surface area contributed by atoms with E-state index in [9.17, 15) is 14.9 Å². The molecule has 0 aromatic heterocycles. The fourth-order valence-electron chi connectivity index (χ4n) is 1.18. The van der Waals surface area contributed by atoms with Gasteiger partial charge in [-0.25, -0.2) is 0 Å². The van der Waals surface area contributed by atoms with Crippen molar-refractivity contribution in [2.75, 3.05) is 7.11 Å². The highest BCUT2D eigenvalue weighted by atomic mass is 32.2. The van der Waals surface area contributed by atoms with E-state index >= 15 is 0 Å². The van der Waals surface area contributed by atoms with Crippen LogP contribution >= 0.6 is 11.8 Å². The van der Waals surface area contributed by atoms with Crippen LogP contribution in [0.25, 0.3) is 0 Å². The van der Waals surface area contributed by atoms with Gasteiger partial charge in [-0.2, -0.15) is 0 Å². The zero-order valence-corrected chi connectivity index (χ0v) is 10.1. The standard InChI is InChI=1S/C10H11NO5S/c1-6(10(12)13)17-8-5-3-4-7(16-2)9(8)11(14)15/h3-6H,1-2H3,(H,12,13). The molecule has 7 heteroatoms. The zero-order valence-electron chi connectivity index (χ0n) is 9.25. The monoisotopic (exact) mass is 257 g/mol. The lowest BCUT2D eigenvalue weighted by Gasteiger charge is -2.08. The quantitative estimate of drug-likeness (QED) is 0.494. The molecule has 0 bridgehead atoms. The van der Waals surface area contributed by atoms with Crippen LogP contribution in [0.3, 0.4) is 0 Å². The zero-order chi connectivity index (χ0) is 13.0. The molecular formula is C10H11NO5S. The fourth-order valence-corrected chi connectivity index (χ4v) is 2.11. The van der Waals surface area contributed by atoms with Crippen molar-refractivity contribution in [2.24, 2.45) is 0 Å². The predicted molar refractivity (Wildman–Crippen MR) is 62.6 cm³/mol. The summed E-state index contributed by atoms with van der Waals surface area (Å²) in [5.41, 5.74) is -0.201. The molecule has 0 aliphatic rings. The fraction of sp³-hybridized carbons (Fsp3) is 0.300. The number of thioether (sulfide) groups is 1. The molecule has 1 unspecified atom stereocenters. The highest BCUT2D eigenvalue weighted by Crippen LogP contribution is 2.38. The molecule has 0 saturated heterocycles. The number of methoxy groups -OCH3 is 1. The van der Waals surface area contributed by atoms with Crippen LogP contribution in [0.4, 0.5) is 5.69 Å². The topological polar surface area (TPSA) is 89.7 Å². The summed E-state index contributed by atoms with van der Waals surface area (Å²) in [5, 5.41) is 18.9. The number of nitro groups is 1. The molecule has 0 heterocycles. The Morgan fingerprint density at radius 1 is 1.59 bits per heavy atom. The molecule has 0 fully saturated rings. The first-order valence-electron chi connectivity index (χ1n) is 4.68. The Morgan fingerprint density at radius 3 is 2.71 bits per heavy atom. The number of para-hydroxylation sites is 1. The van der Waals surface area contributed by atoms with Gasteiger partial charge in [-0.15, -0.1) is 11.8 Å². The summed E-state index contributed by atoms with van der Waals surface area (Å²) in [7, 11) is 1.33. The van der Waals surface area contributed by atoms with Crippen LogP contribution in [0, 0.1) is 10.1 Å². The summed E-state index contributed by atoms with van der Waals surface area (Å²) in [6.07, 6.45) is 0. The van der Waals surface area contributed by atoms with Gasteiger partial charge >= 0.3 is 11.7 Å². The number of aliphatic carboxylic acids is 1. The van der Waals surface area contributed by atoms with Crippen molar-refractivity contribution in [1.29, 1.82) is 0 Å². The molecule has 1 rings (SSSR count). The SMILES string of the molecule is COc1cccc(SC(C)C(=O)O)c1[N+](=O)[O-]. The van der Waals surface area contributed by atoms with Gasteiger partial charge in [0.15, 0.2) is 5.75 Å². The van der Waals surface area contributed by atoms with Crippen LogP contribution in [-0.2, 0) is 4.79 Å². The van der Waals surface area contributed by atoms with Gasteiger partial charge in [0, 0.05) is 0 Å². The van der Waals surface area contributed by atoms with E-state index < -0.39 is 16.1 Å². The van der Waals surface area contributed by atoms with Crippen LogP contribution in [-0.4, -0.2) is 28.4 Å². The molecule has 0 saturated carbocycles. The van der Waals surface area contributed by atoms with E-state index in [2.05, 4.69) is 0 Å². The van der Waals surface area contributed by atoms with Gasteiger partial charge in [0.25, 0.3) is 0 Å². The summed E-state index contributed by atoms with van der Waals surface area (Å²) in [6, 6.07) is 4.56. The van der Waals surface area contributed by atoms with E-state index in [1.54, 1.807) is 6.07 Å². The normalized spacial score (nSPS) is 11.9. The molecule has 92 valence electrons. The first-order valence-corrected chi connectivity index (χ1v) is 5.56. The summed E-state index contributed by atoms with van der Waals surface area (Å²) in [4.78, 5) is 21.3. The highest BCUT2D eigenvalue weighted by molar-refractivity contribution is 8.00. The van der Waals surface area contributed by atoms with Crippen LogP contribution < -0.4 is 4.74 Å².